The first-order chi connectivity index (χ1) is 14.0. The summed E-state index contributed by atoms with van der Waals surface area (Å²) in [6.07, 6.45) is 6.90. The van der Waals surface area contributed by atoms with Gasteiger partial charge in [-0.25, -0.2) is 0 Å². The van der Waals surface area contributed by atoms with Crippen molar-refractivity contribution in [2.75, 3.05) is 26.8 Å². The van der Waals surface area contributed by atoms with E-state index in [2.05, 4.69) is 10.6 Å². The molecule has 2 heterocycles. The van der Waals surface area contributed by atoms with E-state index in [1.54, 1.807) is 0 Å². The number of aliphatic hydroxyl groups is 2. The van der Waals surface area contributed by atoms with Gasteiger partial charge in [-0.05, 0) is 12.8 Å². The molecule has 0 aromatic carbocycles. The zero-order valence-corrected chi connectivity index (χ0v) is 17.5. The van der Waals surface area contributed by atoms with Crippen molar-refractivity contribution in [1.82, 2.24) is 10.6 Å². The Labute approximate surface area is 172 Å². The van der Waals surface area contributed by atoms with Crippen LogP contribution in [0.2, 0.25) is 0 Å². The van der Waals surface area contributed by atoms with Gasteiger partial charge in [0.05, 0.1) is 0 Å². The standard InChI is InChI=1S/C9H20O4.2C4H5NO2.C2H6/c10-8-12-6-4-2-1-3-5-7-13-9-11;2*6-3-1-2-4(7)5-3;1-2/h10-11H,1-9H2;2*1-2H2,(H,5,6,7);1-2H3. The molecular weight excluding hydrogens is 384 g/mol. The molecule has 0 aromatic heterocycles. The first-order valence-corrected chi connectivity index (χ1v) is 10.0. The number of rotatable bonds is 10. The van der Waals surface area contributed by atoms with Gasteiger partial charge in [0.15, 0.2) is 0 Å². The number of carbonyl (C=O) groups excluding carboxylic acids is 4. The quantitative estimate of drug-likeness (QED) is 0.229. The van der Waals surface area contributed by atoms with Gasteiger partial charge in [-0.3, -0.25) is 29.8 Å². The summed E-state index contributed by atoms with van der Waals surface area (Å²) in [6.45, 7) is 4.93. The van der Waals surface area contributed by atoms with Crippen LogP contribution in [-0.2, 0) is 28.7 Å². The molecule has 10 heteroatoms. The van der Waals surface area contributed by atoms with Crippen LogP contribution in [0.3, 0.4) is 0 Å². The van der Waals surface area contributed by atoms with E-state index in [4.69, 9.17) is 19.7 Å². The van der Waals surface area contributed by atoms with Gasteiger partial charge >= 0.3 is 0 Å². The van der Waals surface area contributed by atoms with Crippen LogP contribution in [0.15, 0.2) is 0 Å². The van der Waals surface area contributed by atoms with Gasteiger partial charge in [0.2, 0.25) is 23.6 Å². The van der Waals surface area contributed by atoms with Crippen molar-refractivity contribution in [1.29, 1.82) is 0 Å². The smallest absolute Gasteiger partial charge is 0.227 e. The minimum atomic E-state index is -0.176. The molecule has 10 nitrogen and oxygen atoms in total. The van der Waals surface area contributed by atoms with Crippen LogP contribution in [0.25, 0.3) is 0 Å². The lowest BCUT2D eigenvalue weighted by Crippen LogP contribution is -2.18. The van der Waals surface area contributed by atoms with Crippen molar-refractivity contribution < 1.29 is 38.9 Å². The van der Waals surface area contributed by atoms with E-state index in [0.717, 1.165) is 32.1 Å². The van der Waals surface area contributed by atoms with Crippen molar-refractivity contribution in [2.24, 2.45) is 0 Å². The summed E-state index contributed by atoms with van der Waals surface area (Å²) in [5.74, 6) is -0.593. The fourth-order valence-electron chi connectivity index (χ4n) is 2.08. The molecule has 2 aliphatic rings. The molecule has 4 amide bonds. The molecule has 0 atom stereocenters. The average molecular weight is 421 g/mol. The Morgan fingerprint density at radius 2 is 0.897 bits per heavy atom. The lowest BCUT2D eigenvalue weighted by molar-refractivity contribution is -0.126. The lowest BCUT2D eigenvalue weighted by atomic mass is 10.1. The number of unbranched alkanes of at least 4 members (excludes halogenated alkanes) is 4. The number of carbonyl (C=O) groups is 4. The highest BCUT2D eigenvalue weighted by atomic mass is 16.6. The number of aliphatic hydroxyl groups excluding tert-OH is 2. The van der Waals surface area contributed by atoms with E-state index in [9.17, 15) is 19.2 Å². The van der Waals surface area contributed by atoms with E-state index >= 15 is 0 Å². The molecule has 0 radical (unpaired) electrons. The molecule has 0 bridgehead atoms. The third-order valence-corrected chi connectivity index (χ3v) is 3.48. The maximum atomic E-state index is 10.1. The Balaban J connectivity index is 0. The van der Waals surface area contributed by atoms with Crippen molar-refractivity contribution >= 4 is 23.6 Å². The van der Waals surface area contributed by atoms with E-state index in [1.165, 1.54) is 0 Å². The molecule has 2 saturated heterocycles. The van der Waals surface area contributed by atoms with Gasteiger partial charge in [-0.1, -0.05) is 33.1 Å². The molecule has 0 aromatic rings. The third kappa shape index (κ3) is 22.3. The minimum absolute atomic E-state index is 0.148. The maximum absolute atomic E-state index is 10.1. The Hall–Kier alpha value is -1.88. The van der Waals surface area contributed by atoms with Gasteiger partial charge < -0.3 is 19.7 Å². The summed E-state index contributed by atoms with van der Waals surface area (Å²) < 4.78 is 9.55. The lowest BCUT2D eigenvalue weighted by Gasteiger charge is -2.01. The van der Waals surface area contributed by atoms with E-state index in [1.807, 2.05) is 13.8 Å². The van der Waals surface area contributed by atoms with Gasteiger partial charge in [0.1, 0.15) is 13.6 Å². The highest BCUT2D eigenvalue weighted by Gasteiger charge is 2.16. The van der Waals surface area contributed by atoms with Crippen LogP contribution in [-0.4, -0.2) is 60.6 Å². The number of nitrogens with one attached hydrogen (secondary N) is 2. The van der Waals surface area contributed by atoms with E-state index in [0.29, 0.717) is 38.9 Å². The fourth-order valence-corrected chi connectivity index (χ4v) is 2.08. The second-order valence-electron chi connectivity index (χ2n) is 5.79. The van der Waals surface area contributed by atoms with Crippen LogP contribution in [0.1, 0.15) is 71.6 Å². The molecule has 29 heavy (non-hydrogen) atoms. The van der Waals surface area contributed by atoms with Gasteiger partial charge in [-0.15, -0.1) is 0 Å². The van der Waals surface area contributed by atoms with Crippen LogP contribution in [0.4, 0.5) is 0 Å². The van der Waals surface area contributed by atoms with Crippen LogP contribution in [0.5, 0.6) is 0 Å². The van der Waals surface area contributed by atoms with Gasteiger partial charge in [0.25, 0.3) is 0 Å². The largest absolute Gasteiger partial charge is 0.371 e. The van der Waals surface area contributed by atoms with Crippen LogP contribution < -0.4 is 10.6 Å². The molecule has 0 aliphatic carbocycles. The molecule has 4 N–H and O–H groups in total. The molecule has 0 spiro atoms. The highest BCUT2D eigenvalue weighted by Crippen LogP contribution is 2.03. The van der Waals surface area contributed by atoms with Gasteiger partial charge in [0, 0.05) is 38.9 Å². The van der Waals surface area contributed by atoms with Crippen molar-refractivity contribution in [3.63, 3.8) is 0 Å². The number of hydrogen-bond donors (Lipinski definition) is 4. The zero-order valence-electron chi connectivity index (χ0n) is 17.5. The van der Waals surface area contributed by atoms with Gasteiger partial charge in [-0.2, -0.15) is 0 Å². The minimum Gasteiger partial charge on any atom is -0.371 e. The summed E-state index contributed by atoms with van der Waals surface area (Å²) in [4.78, 5) is 40.5. The Kier molecular flexibility index (Phi) is 22.7. The topological polar surface area (TPSA) is 151 Å². The normalized spacial score (nSPS) is 14.6. The predicted molar refractivity (Wildman–Crippen MR) is 105 cm³/mol. The Morgan fingerprint density at radius 3 is 1.10 bits per heavy atom. The first-order valence-electron chi connectivity index (χ1n) is 10.0. The second-order valence-corrected chi connectivity index (χ2v) is 5.79. The number of ether oxygens (including phenoxy) is 2. The molecule has 0 saturated carbocycles. The van der Waals surface area contributed by atoms with E-state index < -0.39 is 0 Å². The summed E-state index contributed by atoms with van der Waals surface area (Å²) in [5, 5.41) is 20.9. The number of amides is 4. The number of hydrogen-bond acceptors (Lipinski definition) is 8. The average Bonchev–Trinajstić information content (AvgIpc) is 3.29. The summed E-state index contributed by atoms with van der Waals surface area (Å²) in [7, 11) is 0. The Morgan fingerprint density at radius 1 is 0.621 bits per heavy atom. The summed E-state index contributed by atoms with van der Waals surface area (Å²) in [6, 6.07) is 0. The van der Waals surface area contributed by atoms with Crippen LogP contribution >= 0.6 is 0 Å². The molecule has 170 valence electrons. The van der Waals surface area contributed by atoms with Crippen LogP contribution in [0, 0.1) is 0 Å². The molecule has 2 fully saturated rings. The monoisotopic (exact) mass is 420 g/mol. The van der Waals surface area contributed by atoms with E-state index in [-0.39, 0.29) is 37.2 Å². The first kappa shape index (κ1) is 29.3. The Bertz CT molecular complexity index is 389. The summed E-state index contributed by atoms with van der Waals surface area (Å²) >= 11 is 0. The molecule has 2 rings (SSSR count). The SMILES string of the molecule is CC.O=C1CCC(=O)N1.O=C1CCC(=O)N1.OCOCCCCCCCOCO. The molecule has 0 unspecified atom stereocenters. The molecular formula is C19H36N2O8. The fraction of sp³-hybridized carbons (Fsp3) is 0.789. The zero-order chi connectivity index (χ0) is 22.3. The number of imide groups is 2. The highest BCUT2D eigenvalue weighted by molar-refractivity contribution is 6.02. The summed E-state index contributed by atoms with van der Waals surface area (Å²) in [5.41, 5.74) is 0. The maximum Gasteiger partial charge on any atom is 0.227 e. The van der Waals surface area contributed by atoms with Crippen molar-refractivity contribution in [2.45, 2.75) is 71.6 Å². The van der Waals surface area contributed by atoms with Crippen molar-refractivity contribution in [3.05, 3.63) is 0 Å². The second kappa shape index (κ2) is 22.4. The third-order valence-electron chi connectivity index (χ3n) is 3.48. The predicted octanol–water partition coefficient (Wildman–Crippen LogP) is 0.742. The molecule has 2 aliphatic heterocycles. The van der Waals surface area contributed by atoms with Crippen molar-refractivity contribution in [3.8, 4) is 0 Å².